The highest BCUT2D eigenvalue weighted by molar-refractivity contribution is 9.10. The highest BCUT2D eigenvalue weighted by Crippen LogP contribution is 2.21. The predicted molar refractivity (Wildman–Crippen MR) is 50.1 cm³/mol. The summed E-state index contributed by atoms with van der Waals surface area (Å²) in [7, 11) is 0. The second kappa shape index (κ2) is 3.98. The molecule has 1 rings (SSSR count). The first-order chi connectivity index (χ1) is 5.66. The largest absolute Gasteiger partial charge is 0.329 e. The molecule has 0 aliphatic rings. The summed E-state index contributed by atoms with van der Waals surface area (Å²) >= 11 is 3.07. The fourth-order valence-corrected chi connectivity index (χ4v) is 1.32. The average molecular weight is 233 g/mol. The molecule has 0 heterocycles. The Labute approximate surface area is 78.9 Å². The Hall–Kier alpha value is -0.450. The molecule has 1 aromatic carbocycles. The lowest BCUT2D eigenvalue weighted by atomic mass is 10.1. The van der Waals surface area contributed by atoms with Gasteiger partial charge in [-0.15, -0.1) is 0 Å². The molecule has 4 N–H and O–H groups in total. The van der Waals surface area contributed by atoms with E-state index in [1.54, 1.807) is 18.2 Å². The summed E-state index contributed by atoms with van der Waals surface area (Å²) in [6.07, 6.45) is 0. The zero-order chi connectivity index (χ0) is 9.14. The van der Waals surface area contributed by atoms with Gasteiger partial charge in [-0.1, -0.05) is 12.1 Å². The third kappa shape index (κ3) is 1.83. The summed E-state index contributed by atoms with van der Waals surface area (Å²) in [6.45, 7) is 0.243. The fourth-order valence-electron chi connectivity index (χ4n) is 0.934. The Balaban J connectivity index is 3.07. The molecule has 2 nitrogen and oxygen atoms in total. The number of rotatable bonds is 2. The number of hydrogen-bond donors (Lipinski definition) is 2. The molecule has 0 fully saturated rings. The van der Waals surface area contributed by atoms with Gasteiger partial charge in [0.25, 0.3) is 0 Å². The van der Waals surface area contributed by atoms with Gasteiger partial charge in [0.05, 0.1) is 4.47 Å². The molecule has 4 heteroatoms. The summed E-state index contributed by atoms with van der Waals surface area (Å²) in [5.74, 6) is -0.324. The molecule has 0 radical (unpaired) electrons. The number of nitrogens with two attached hydrogens (primary N) is 2. The zero-order valence-electron chi connectivity index (χ0n) is 6.43. The van der Waals surface area contributed by atoms with E-state index in [1.165, 1.54) is 0 Å². The van der Waals surface area contributed by atoms with E-state index in [4.69, 9.17) is 11.5 Å². The van der Waals surface area contributed by atoms with Crippen molar-refractivity contribution in [3.8, 4) is 0 Å². The molecule has 0 saturated carbocycles. The van der Waals surface area contributed by atoms with Crippen LogP contribution < -0.4 is 11.5 Å². The SMILES string of the molecule is NC[C@@H](N)c1cccc(Br)c1F. The van der Waals surface area contributed by atoms with E-state index in [9.17, 15) is 4.39 Å². The fraction of sp³-hybridized carbons (Fsp3) is 0.250. The van der Waals surface area contributed by atoms with Gasteiger partial charge in [-0.25, -0.2) is 4.39 Å². The molecule has 0 unspecified atom stereocenters. The van der Waals surface area contributed by atoms with Crippen LogP contribution in [-0.2, 0) is 0 Å². The maximum absolute atomic E-state index is 13.3. The van der Waals surface area contributed by atoms with Crippen LogP contribution in [-0.4, -0.2) is 6.54 Å². The Bertz CT molecular complexity index is 278. The lowest BCUT2D eigenvalue weighted by molar-refractivity contribution is 0.578. The van der Waals surface area contributed by atoms with Gasteiger partial charge in [0.1, 0.15) is 5.82 Å². The number of benzene rings is 1. The summed E-state index contributed by atoms with van der Waals surface area (Å²) in [5, 5.41) is 0. The van der Waals surface area contributed by atoms with Crippen LogP contribution in [0, 0.1) is 5.82 Å². The lowest BCUT2D eigenvalue weighted by Crippen LogP contribution is -2.21. The summed E-state index contributed by atoms with van der Waals surface area (Å²) in [5.41, 5.74) is 11.3. The molecule has 0 amide bonds. The van der Waals surface area contributed by atoms with Gasteiger partial charge in [0.15, 0.2) is 0 Å². The topological polar surface area (TPSA) is 52.0 Å². The van der Waals surface area contributed by atoms with E-state index in [2.05, 4.69) is 15.9 Å². The maximum Gasteiger partial charge on any atom is 0.142 e. The summed E-state index contributed by atoms with van der Waals surface area (Å²) < 4.78 is 13.7. The maximum atomic E-state index is 13.3. The van der Waals surface area contributed by atoms with E-state index in [0.29, 0.717) is 10.0 Å². The van der Waals surface area contributed by atoms with Gasteiger partial charge in [0.2, 0.25) is 0 Å². The van der Waals surface area contributed by atoms with Gasteiger partial charge >= 0.3 is 0 Å². The van der Waals surface area contributed by atoms with Crippen molar-refractivity contribution in [3.05, 3.63) is 34.1 Å². The van der Waals surface area contributed by atoms with E-state index in [0.717, 1.165) is 0 Å². The van der Waals surface area contributed by atoms with Gasteiger partial charge in [0, 0.05) is 18.2 Å². The third-order valence-corrected chi connectivity index (χ3v) is 2.25. The molecule has 0 bridgehead atoms. The molecule has 1 aromatic rings. The van der Waals surface area contributed by atoms with Crippen LogP contribution in [0.25, 0.3) is 0 Å². The Morgan fingerprint density at radius 1 is 1.50 bits per heavy atom. The van der Waals surface area contributed by atoms with Gasteiger partial charge in [-0.3, -0.25) is 0 Å². The standard InChI is InChI=1S/C8H10BrFN2/c9-6-3-1-2-5(8(6)10)7(12)4-11/h1-3,7H,4,11-12H2/t7-/m1/s1. The molecule has 0 aliphatic carbocycles. The van der Waals surface area contributed by atoms with Crippen molar-refractivity contribution in [3.63, 3.8) is 0 Å². The van der Waals surface area contributed by atoms with Crippen molar-refractivity contribution in [1.29, 1.82) is 0 Å². The van der Waals surface area contributed by atoms with Crippen LogP contribution in [0.4, 0.5) is 4.39 Å². The minimum absolute atomic E-state index is 0.243. The first-order valence-corrected chi connectivity index (χ1v) is 4.35. The van der Waals surface area contributed by atoms with Crippen molar-refractivity contribution in [1.82, 2.24) is 0 Å². The van der Waals surface area contributed by atoms with Crippen LogP contribution in [0.3, 0.4) is 0 Å². The van der Waals surface area contributed by atoms with Crippen LogP contribution in [0.1, 0.15) is 11.6 Å². The van der Waals surface area contributed by atoms with Gasteiger partial charge < -0.3 is 11.5 Å². The summed E-state index contributed by atoms with van der Waals surface area (Å²) in [6, 6.07) is 4.57. The van der Waals surface area contributed by atoms with Crippen molar-refractivity contribution < 1.29 is 4.39 Å². The minimum atomic E-state index is -0.428. The monoisotopic (exact) mass is 232 g/mol. The summed E-state index contributed by atoms with van der Waals surface area (Å²) in [4.78, 5) is 0. The van der Waals surface area contributed by atoms with E-state index >= 15 is 0 Å². The van der Waals surface area contributed by atoms with Crippen molar-refractivity contribution >= 4 is 15.9 Å². The second-order valence-corrected chi connectivity index (χ2v) is 3.34. The molecular weight excluding hydrogens is 223 g/mol. The smallest absolute Gasteiger partial charge is 0.142 e. The molecule has 66 valence electrons. The third-order valence-electron chi connectivity index (χ3n) is 1.63. The molecule has 0 aromatic heterocycles. The van der Waals surface area contributed by atoms with Crippen molar-refractivity contribution in [2.24, 2.45) is 11.5 Å². The first kappa shape index (κ1) is 9.64. The van der Waals surface area contributed by atoms with Crippen LogP contribution in [0.2, 0.25) is 0 Å². The van der Waals surface area contributed by atoms with E-state index < -0.39 is 6.04 Å². The van der Waals surface area contributed by atoms with Crippen LogP contribution >= 0.6 is 15.9 Å². The number of halogens is 2. The Morgan fingerprint density at radius 3 is 2.75 bits per heavy atom. The second-order valence-electron chi connectivity index (χ2n) is 2.49. The quantitative estimate of drug-likeness (QED) is 0.814. The van der Waals surface area contributed by atoms with Crippen molar-refractivity contribution in [2.75, 3.05) is 6.54 Å². The lowest BCUT2D eigenvalue weighted by Gasteiger charge is -2.10. The highest BCUT2D eigenvalue weighted by atomic mass is 79.9. The zero-order valence-corrected chi connectivity index (χ0v) is 8.01. The van der Waals surface area contributed by atoms with Gasteiger partial charge in [-0.05, 0) is 22.0 Å². The Kier molecular flexibility index (Phi) is 3.20. The van der Waals surface area contributed by atoms with Crippen LogP contribution in [0.15, 0.2) is 22.7 Å². The first-order valence-electron chi connectivity index (χ1n) is 3.56. The van der Waals surface area contributed by atoms with Crippen molar-refractivity contribution in [2.45, 2.75) is 6.04 Å². The molecule has 0 spiro atoms. The molecule has 0 saturated heterocycles. The predicted octanol–water partition coefficient (Wildman–Crippen LogP) is 1.55. The van der Waals surface area contributed by atoms with Crippen LogP contribution in [0.5, 0.6) is 0 Å². The average Bonchev–Trinajstić information content (AvgIpc) is 2.08. The Morgan fingerprint density at radius 2 is 2.17 bits per heavy atom. The normalized spacial score (nSPS) is 13.0. The van der Waals surface area contributed by atoms with E-state index in [1.807, 2.05) is 0 Å². The molecule has 12 heavy (non-hydrogen) atoms. The molecular formula is C8H10BrFN2. The highest BCUT2D eigenvalue weighted by Gasteiger charge is 2.11. The minimum Gasteiger partial charge on any atom is -0.329 e. The molecule has 1 atom stereocenters. The number of hydrogen-bond acceptors (Lipinski definition) is 2. The van der Waals surface area contributed by atoms with Gasteiger partial charge in [-0.2, -0.15) is 0 Å². The molecule has 0 aliphatic heterocycles. The van der Waals surface area contributed by atoms with E-state index in [-0.39, 0.29) is 12.4 Å².